The first-order valence-electron chi connectivity index (χ1n) is 4.21. The highest BCUT2D eigenvalue weighted by Gasteiger charge is 2.44. The van der Waals surface area contributed by atoms with E-state index in [4.69, 9.17) is 10.7 Å². The van der Waals surface area contributed by atoms with Crippen LogP contribution in [0.2, 0.25) is 0 Å². The summed E-state index contributed by atoms with van der Waals surface area (Å²) < 4.78 is 58.5. The Kier molecular flexibility index (Phi) is 3.36. The number of hydrogen-bond acceptors (Lipinski definition) is 2. The van der Waals surface area contributed by atoms with Crippen LogP contribution < -0.4 is 0 Å². The van der Waals surface area contributed by atoms with Crippen LogP contribution in [-0.2, 0) is 9.05 Å². The molecule has 0 aliphatic heterocycles. The third kappa shape index (κ3) is 3.02. The molecule has 0 N–H and O–H groups in total. The van der Waals surface area contributed by atoms with Gasteiger partial charge < -0.3 is 0 Å². The summed E-state index contributed by atoms with van der Waals surface area (Å²) in [7, 11) is 1.19. The number of alkyl halides is 3. The lowest BCUT2D eigenvalue weighted by Crippen LogP contribution is -2.33. The first kappa shape index (κ1) is 12.1. The summed E-state index contributed by atoms with van der Waals surface area (Å²) in [4.78, 5) is 0. The smallest absolute Gasteiger partial charge is 0.212 e. The maximum absolute atomic E-state index is 12.3. The summed E-state index contributed by atoms with van der Waals surface area (Å²) >= 11 is 0. The fourth-order valence-corrected chi connectivity index (χ4v) is 3.09. The molecule has 0 aromatic carbocycles. The van der Waals surface area contributed by atoms with E-state index >= 15 is 0 Å². The van der Waals surface area contributed by atoms with Gasteiger partial charge in [-0.25, -0.2) is 8.42 Å². The van der Waals surface area contributed by atoms with Crippen LogP contribution >= 0.6 is 10.7 Å². The molecule has 1 saturated carbocycles. The van der Waals surface area contributed by atoms with Crippen LogP contribution in [0.1, 0.15) is 25.7 Å². The van der Waals surface area contributed by atoms with Crippen molar-refractivity contribution in [1.82, 2.24) is 0 Å². The first-order valence-corrected chi connectivity index (χ1v) is 6.58. The lowest BCUT2D eigenvalue weighted by atomic mass is 9.88. The van der Waals surface area contributed by atoms with Crippen molar-refractivity contribution in [2.24, 2.45) is 5.92 Å². The highest BCUT2D eigenvalue weighted by atomic mass is 35.7. The van der Waals surface area contributed by atoms with E-state index in [2.05, 4.69) is 0 Å². The predicted molar refractivity (Wildman–Crippen MR) is 46.6 cm³/mol. The zero-order chi connectivity index (χ0) is 11.0. The van der Waals surface area contributed by atoms with Crippen molar-refractivity contribution in [1.29, 1.82) is 0 Å². The van der Waals surface area contributed by atoms with Gasteiger partial charge in [0.25, 0.3) is 0 Å². The summed E-state index contributed by atoms with van der Waals surface area (Å²) in [5, 5.41) is -1.04. The second kappa shape index (κ2) is 3.89. The second-order valence-electron chi connectivity index (χ2n) is 3.50. The van der Waals surface area contributed by atoms with Crippen molar-refractivity contribution < 1.29 is 21.6 Å². The van der Waals surface area contributed by atoms with E-state index in [1.165, 1.54) is 0 Å². The molecule has 14 heavy (non-hydrogen) atoms. The van der Waals surface area contributed by atoms with E-state index in [0.29, 0.717) is 0 Å². The fraction of sp³-hybridized carbons (Fsp3) is 1.00. The third-order valence-electron chi connectivity index (χ3n) is 2.49. The van der Waals surface area contributed by atoms with E-state index in [1.807, 2.05) is 0 Å². The van der Waals surface area contributed by atoms with Gasteiger partial charge in [0.1, 0.15) is 0 Å². The van der Waals surface area contributed by atoms with Gasteiger partial charge in [-0.3, -0.25) is 0 Å². The molecule has 84 valence electrons. The number of hydrogen-bond donors (Lipinski definition) is 0. The monoisotopic (exact) mass is 250 g/mol. The molecule has 2 atom stereocenters. The van der Waals surface area contributed by atoms with Crippen molar-refractivity contribution in [2.75, 3.05) is 0 Å². The Morgan fingerprint density at radius 3 is 2.21 bits per heavy atom. The standard InChI is InChI=1S/C7H10ClF3O2S/c8-14(12,13)6-3-1-2-5(4-6)7(9,10)11/h5-6H,1-4H2/t5-,6+/m0/s1. The largest absolute Gasteiger partial charge is 0.391 e. The molecule has 1 aliphatic carbocycles. The molecule has 7 heteroatoms. The minimum atomic E-state index is -4.31. The van der Waals surface area contributed by atoms with Gasteiger partial charge >= 0.3 is 6.18 Å². The van der Waals surface area contributed by atoms with Crippen molar-refractivity contribution >= 4 is 19.7 Å². The molecule has 1 aliphatic rings. The van der Waals surface area contributed by atoms with E-state index in [0.717, 1.165) is 0 Å². The van der Waals surface area contributed by atoms with Crippen LogP contribution in [0.4, 0.5) is 13.2 Å². The van der Waals surface area contributed by atoms with Crippen LogP contribution in [0.15, 0.2) is 0 Å². The summed E-state index contributed by atoms with van der Waals surface area (Å²) in [6, 6.07) is 0. The Morgan fingerprint density at radius 1 is 1.21 bits per heavy atom. The minimum Gasteiger partial charge on any atom is -0.212 e. The molecule has 1 rings (SSSR count). The molecule has 0 heterocycles. The normalized spacial score (nSPS) is 30.3. The van der Waals surface area contributed by atoms with Gasteiger partial charge in [0, 0.05) is 10.7 Å². The lowest BCUT2D eigenvalue weighted by molar-refractivity contribution is -0.181. The average Bonchev–Trinajstić information content (AvgIpc) is 2.01. The Labute approximate surface area is 84.9 Å². The van der Waals surface area contributed by atoms with Crippen LogP contribution in [0.5, 0.6) is 0 Å². The van der Waals surface area contributed by atoms with Gasteiger partial charge in [0.2, 0.25) is 9.05 Å². The molecule has 0 unspecified atom stereocenters. The number of rotatable bonds is 1. The van der Waals surface area contributed by atoms with Crippen LogP contribution in [0.25, 0.3) is 0 Å². The van der Waals surface area contributed by atoms with E-state index in [9.17, 15) is 21.6 Å². The Morgan fingerprint density at radius 2 is 1.79 bits per heavy atom. The topological polar surface area (TPSA) is 34.1 Å². The first-order chi connectivity index (χ1) is 6.21. The van der Waals surface area contributed by atoms with E-state index in [-0.39, 0.29) is 19.3 Å². The molecule has 1 fully saturated rings. The molecule has 0 aromatic rings. The van der Waals surface area contributed by atoms with Gasteiger partial charge in [-0.05, 0) is 19.3 Å². The zero-order valence-electron chi connectivity index (χ0n) is 7.22. The molecular formula is C7H10ClF3O2S. The second-order valence-corrected chi connectivity index (χ2v) is 6.41. The van der Waals surface area contributed by atoms with Crippen LogP contribution in [0, 0.1) is 5.92 Å². The molecule has 0 bridgehead atoms. The van der Waals surface area contributed by atoms with Crippen molar-refractivity contribution in [3.8, 4) is 0 Å². The van der Waals surface area contributed by atoms with Gasteiger partial charge in [0.05, 0.1) is 11.2 Å². The molecule has 0 radical (unpaired) electrons. The predicted octanol–water partition coefficient (Wildman–Crippen LogP) is 2.68. The van der Waals surface area contributed by atoms with Gasteiger partial charge in [-0.2, -0.15) is 13.2 Å². The maximum Gasteiger partial charge on any atom is 0.391 e. The molecule has 0 spiro atoms. The minimum absolute atomic E-state index is 0.00636. The molecule has 0 saturated heterocycles. The zero-order valence-corrected chi connectivity index (χ0v) is 8.79. The Balaban J connectivity index is 2.71. The molecule has 0 amide bonds. The third-order valence-corrected chi connectivity index (χ3v) is 4.47. The molecule has 0 aromatic heterocycles. The van der Waals surface area contributed by atoms with Crippen molar-refractivity contribution in [2.45, 2.75) is 37.1 Å². The summed E-state index contributed by atoms with van der Waals surface area (Å²) in [6.07, 6.45) is -4.19. The number of halogens is 4. The van der Waals surface area contributed by atoms with Gasteiger partial charge in [0.15, 0.2) is 0 Å². The Bertz CT molecular complexity index is 299. The lowest BCUT2D eigenvalue weighted by Gasteiger charge is -2.28. The van der Waals surface area contributed by atoms with Gasteiger partial charge in [-0.15, -0.1) is 0 Å². The Hall–Kier alpha value is 0.0300. The summed E-state index contributed by atoms with van der Waals surface area (Å²) in [5.41, 5.74) is 0. The molecular weight excluding hydrogens is 241 g/mol. The van der Waals surface area contributed by atoms with Crippen LogP contribution in [-0.4, -0.2) is 19.8 Å². The maximum atomic E-state index is 12.3. The highest BCUT2D eigenvalue weighted by Crippen LogP contribution is 2.40. The van der Waals surface area contributed by atoms with Crippen LogP contribution in [0.3, 0.4) is 0 Å². The molecule has 2 nitrogen and oxygen atoms in total. The quantitative estimate of drug-likeness (QED) is 0.671. The summed E-state index contributed by atoms with van der Waals surface area (Å²) in [6.45, 7) is 0. The van der Waals surface area contributed by atoms with Crippen molar-refractivity contribution in [3.63, 3.8) is 0 Å². The SMILES string of the molecule is O=S(=O)(Cl)[C@@H]1CCC[C@H](C(F)(F)F)C1. The van der Waals surface area contributed by atoms with E-state index in [1.54, 1.807) is 0 Å². The highest BCUT2D eigenvalue weighted by molar-refractivity contribution is 8.14. The van der Waals surface area contributed by atoms with Gasteiger partial charge in [-0.1, -0.05) is 6.42 Å². The van der Waals surface area contributed by atoms with E-state index < -0.39 is 32.8 Å². The fourth-order valence-electron chi connectivity index (χ4n) is 1.70. The van der Waals surface area contributed by atoms with Crippen molar-refractivity contribution in [3.05, 3.63) is 0 Å². The average molecular weight is 251 g/mol. The summed E-state index contributed by atoms with van der Waals surface area (Å²) in [5.74, 6) is -1.52.